The lowest BCUT2D eigenvalue weighted by atomic mass is 9.47. The van der Waals surface area contributed by atoms with Crippen LogP contribution in [0.4, 0.5) is 9.93 Å². The number of rotatable bonds is 7. The highest BCUT2D eigenvalue weighted by molar-refractivity contribution is 7.15. The summed E-state index contributed by atoms with van der Waals surface area (Å²) in [5.74, 6) is -0.303. The molecular formula is C24H38N4O6S. The lowest BCUT2D eigenvalue weighted by Gasteiger charge is -2.58. The van der Waals surface area contributed by atoms with Gasteiger partial charge in [-0.3, -0.25) is 10.1 Å². The molecule has 1 aromatic rings. The number of ether oxygens (including phenoxy) is 2. The number of aliphatic hydroxyl groups excluding tert-OH is 2. The number of anilines is 1. The number of fused-ring (bicyclic) bond motifs is 2. The molecule has 2 fully saturated rings. The average Bonchev–Trinajstić information content (AvgIpc) is 3.25. The fourth-order valence-corrected chi connectivity index (χ4v) is 7.24. The molecule has 4 rings (SSSR count). The second-order valence-corrected chi connectivity index (χ2v) is 11.5. The van der Waals surface area contributed by atoms with Gasteiger partial charge >= 0.3 is 6.03 Å². The summed E-state index contributed by atoms with van der Waals surface area (Å²) in [5, 5.41) is 27.6. The predicted molar refractivity (Wildman–Crippen MR) is 132 cm³/mol. The number of carbonyl (C=O) groups excluding carboxylic acids is 2. The SMILES string of the molecule is COCCNC(=O)C[C@@H]1c2nc(NC(=O)N3CCOCC3)sc2C[C@@H]2[C@](C)(CO)[C@H](O)CC[C@]21C. The van der Waals surface area contributed by atoms with Gasteiger partial charge in [0.25, 0.3) is 0 Å². The molecule has 10 nitrogen and oxygen atoms in total. The van der Waals surface area contributed by atoms with E-state index in [-0.39, 0.29) is 42.2 Å². The third kappa shape index (κ3) is 5.06. The zero-order valence-corrected chi connectivity index (χ0v) is 21.7. The fourth-order valence-electron chi connectivity index (χ4n) is 6.19. The number of carbonyl (C=O) groups is 2. The van der Waals surface area contributed by atoms with Crippen LogP contribution in [-0.2, 0) is 20.7 Å². The van der Waals surface area contributed by atoms with E-state index in [1.165, 1.54) is 11.3 Å². The first-order chi connectivity index (χ1) is 16.7. The Hall–Kier alpha value is -1.79. The number of morpholine rings is 1. The van der Waals surface area contributed by atoms with E-state index >= 15 is 0 Å². The zero-order valence-electron chi connectivity index (χ0n) is 20.8. The van der Waals surface area contributed by atoms with Crippen molar-refractivity contribution in [1.82, 2.24) is 15.2 Å². The number of nitrogens with one attached hydrogen (secondary N) is 2. The summed E-state index contributed by atoms with van der Waals surface area (Å²) in [7, 11) is 1.59. The molecule has 5 atom stereocenters. The number of aliphatic hydroxyl groups is 2. The molecule has 196 valence electrons. The van der Waals surface area contributed by atoms with Crippen molar-refractivity contribution in [2.75, 3.05) is 58.5 Å². The van der Waals surface area contributed by atoms with E-state index in [0.717, 1.165) is 17.0 Å². The van der Waals surface area contributed by atoms with Crippen LogP contribution in [0.3, 0.4) is 0 Å². The maximum atomic E-state index is 12.9. The second kappa shape index (κ2) is 10.7. The van der Waals surface area contributed by atoms with E-state index in [0.29, 0.717) is 57.4 Å². The molecule has 1 aliphatic heterocycles. The standard InChI is InChI=1S/C24H38N4O6S/c1-23-5-4-18(30)24(2,14-29)17(23)13-16-20(15(23)12-19(31)25-6-9-33-3)26-21(35-16)27-22(32)28-7-10-34-11-8-28/h15,17-18,29-30H,4-14H2,1-3H3,(H,25,31)(H,26,27,32)/t15-,17+,18-,23+,24+/m1/s1. The maximum Gasteiger partial charge on any atom is 0.323 e. The number of hydrogen-bond acceptors (Lipinski definition) is 8. The van der Waals surface area contributed by atoms with Crippen molar-refractivity contribution in [3.05, 3.63) is 10.6 Å². The zero-order chi connectivity index (χ0) is 25.2. The van der Waals surface area contributed by atoms with Crippen molar-refractivity contribution >= 4 is 28.4 Å². The molecule has 3 amide bonds. The van der Waals surface area contributed by atoms with Crippen LogP contribution in [0.25, 0.3) is 0 Å². The molecule has 4 N–H and O–H groups in total. The lowest BCUT2D eigenvalue weighted by Crippen LogP contribution is -2.57. The van der Waals surface area contributed by atoms with E-state index in [4.69, 9.17) is 14.5 Å². The van der Waals surface area contributed by atoms with Crippen molar-refractivity contribution in [2.24, 2.45) is 16.7 Å². The third-order valence-electron chi connectivity index (χ3n) is 8.42. The average molecular weight is 511 g/mol. The molecule has 1 aromatic heterocycles. The molecule has 0 aromatic carbocycles. The van der Waals surface area contributed by atoms with Crippen molar-refractivity contribution in [1.29, 1.82) is 0 Å². The van der Waals surface area contributed by atoms with Gasteiger partial charge in [0, 0.05) is 49.4 Å². The van der Waals surface area contributed by atoms with Gasteiger partial charge in [-0.2, -0.15) is 0 Å². The topological polar surface area (TPSA) is 133 Å². The summed E-state index contributed by atoms with van der Waals surface area (Å²) in [5.41, 5.74) is -0.164. The van der Waals surface area contributed by atoms with Gasteiger partial charge in [0.2, 0.25) is 5.91 Å². The van der Waals surface area contributed by atoms with Gasteiger partial charge in [0.15, 0.2) is 5.13 Å². The normalized spacial score (nSPS) is 32.5. The smallest absolute Gasteiger partial charge is 0.323 e. The number of nitrogens with zero attached hydrogens (tertiary/aromatic N) is 2. The third-order valence-corrected chi connectivity index (χ3v) is 9.43. The van der Waals surface area contributed by atoms with Crippen LogP contribution in [0.1, 0.15) is 49.6 Å². The highest BCUT2D eigenvalue weighted by atomic mass is 32.1. The molecule has 11 heteroatoms. The highest BCUT2D eigenvalue weighted by Crippen LogP contribution is 2.62. The van der Waals surface area contributed by atoms with Crippen LogP contribution < -0.4 is 10.6 Å². The minimum absolute atomic E-state index is 0.0312. The van der Waals surface area contributed by atoms with Crippen molar-refractivity contribution in [2.45, 2.75) is 51.6 Å². The van der Waals surface area contributed by atoms with E-state index in [9.17, 15) is 19.8 Å². The Kier molecular flexibility index (Phi) is 8.02. The predicted octanol–water partition coefficient (Wildman–Crippen LogP) is 1.58. The van der Waals surface area contributed by atoms with E-state index in [1.54, 1.807) is 12.0 Å². The Morgan fingerprint density at radius 3 is 2.74 bits per heavy atom. The Morgan fingerprint density at radius 2 is 2.06 bits per heavy atom. The largest absolute Gasteiger partial charge is 0.396 e. The summed E-state index contributed by atoms with van der Waals surface area (Å²) in [6, 6.07) is -0.201. The van der Waals surface area contributed by atoms with Crippen LogP contribution in [0.2, 0.25) is 0 Å². The van der Waals surface area contributed by atoms with Crippen LogP contribution in [0, 0.1) is 16.7 Å². The van der Waals surface area contributed by atoms with Crippen molar-refractivity contribution in [3.63, 3.8) is 0 Å². The van der Waals surface area contributed by atoms with E-state index in [2.05, 4.69) is 17.6 Å². The summed E-state index contributed by atoms with van der Waals surface area (Å²) in [4.78, 5) is 33.3. The van der Waals surface area contributed by atoms with Crippen LogP contribution >= 0.6 is 11.3 Å². The number of aromatic nitrogens is 1. The van der Waals surface area contributed by atoms with Crippen LogP contribution in [0.5, 0.6) is 0 Å². The van der Waals surface area contributed by atoms with Gasteiger partial charge in [-0.05, 0) is 30.6 Å². The van der Waals surface area contributed by atoms with Crippen LogP contribution in [0.15, 0.2) is 0 Å². The molecule has 1 saturated carbocycles. The highest BCUT2D eigenvalue weighted by Gasteiger charge is 2.59. The second-order valence-electron chi connectivity index (χ2n) is 10.4. The molecule has 0 bridgehead atoms. The van der Waals surface area contributed by atoms with Gasteiger partial charge in [0.05, 0.1) is 38.2 Å². The van der Waals surface area contributed by atoms with Gasteiger partial charge in [-0.25, -0.2) is 9.78 Å². The number of amides is 3. The quantitative estimate of drug-likeness (QED) is 0.409. The van der Waals surface area contributed by atoms with Gasteiger partial charge < -0.3 is 29.9 Å². The Morgan fingerprint density at radius 1 is 1.31 bits per heavy atom. The van der Waals surface area contributed by atoms with Gasteiger partial charge in [-0.1, -0.05) is 13.8 Å². The first kappa shape index (κ1) is 26.3. The monoisotopic (exact) mass is 510 g/mol. The molecular weight excluding hydrogens is 472 g/mol. The van der Waals surface area contributed by atoms with Crippen molar-refractivity contribution in [3.8, 4) is 0 Å². The summed E-state index contributed by atoms with van der Waals surface area (Å²) in [6.07, 6.45) is 1.58. The van der Waals surface area contributed by atoms with Gasteiger partial charge in [-0.15, -0.1) is 11.3 Å². The number of thiazole rings is 1. The molecule has 0 unspecified atom stereocenters. The lowest BCUT2D eigenvalue weighted by molar-refractivity contribution is -0.144. The molecule has 2 aliphatic carbocycles. The van der Waals surface area contributed by atoms with Crippen LogP contribution in [-0.4, -0.2) is 91.3 Å². The Labute approximate surface area is 210 Å². The van der Waals surface area contributed by atoms with E-state index in [1.807, 2.05) is 6.92 Å². The van der Waals surface area contributed by atoms with Gasteiger partial charge in [0.1, 0.15) is 0 Å². The summed E-state index contributed by atoms with van der Waals surface area (Å²) >= 11 is 1.43. The molecule has 0 radical (unpaired) electrons. The summed E-state index contributed by atoms with van der Waals surface area (Å²) in [6.45, 7) is 6.96. The minimum Gasteiger partial charge on any atom is -0.396 e. The molecule has 35 heavy (non-hydrogen) atoms. The maximum absolute atomic E-state index is 12.9. The first-order valence-corrected chi connectivity index (χ1v) is 13.2. The number of methoxy groups -OCH3 is 1. The molecule has 1 saturated heterocycles. The fraction of sp³-hybridized carbons (Fsp3) is 0.792. The first-order valence-electron chi connectivity index (χ1n) is 12.4. The Balaban J connectivity index is 1.64. The Bertz CT molecular complexity index is 922. The van der Waals surface area contributed by atoms with Crippen molar-refractivity contribution < 1.29 is 29.3 Å². The minimum atomic E-state index is -0.684. The summed E-state index contributed by atoms with van der Waals surface area (Å²) < 4.78 is 10.4. The van der Waals surface area contributed by atoms with E-state index < -0.39 is 11.5 Å². The molecule has 0 spiro atoms. The number of hydrogen-bond donors (Lipinski definition) is 4. The molecule has 3 aliphatic rings. The number of urea groups is 1. The molecule has 2 heterocycles.